The number of aryl methyl sites for hydroxylation is 1. The Kier molecular flexibility index (Phi) is 3.82. The first-order valence-corrected chi connectivity index (χ1v) is 7.64. The van der Waals surface area contributed by atoms with E-state index in [1.807, 2.05) is 0 Å². The number of rotatable bonds is 4. The number of nitrogens with zero attached hydrogens (tertiary/aromatic N) is 1. The molecule has 1 aromatic heterocycles. The summed E-state index contributed by atoms with van der Waals surface area (Å²) in [5, 5.41) is 13.0. The van der Waals surface area contributed by atoms with E-state index >= 15 is 0 Å². The Morgan fingerprint density at radius 1 is 1.57 bits per heavy atom. The standard InChI is InChI=1S/C14H12ClFN2O2S/c15-9-5-7(1-3-10(9)16)6-17-14-18-12-8(13(19)20)2-4-11(12)21-14/h1,3,5,8H,2,4,6H2,(H,17,18)(H,19,20). The molecule has 110 valence electrons. The second-order valence-corrected chi connectivity index (χ2v) is 6.35. The molecule has 1 atom stereocenters. The van der Waals surface area contributed by atoms with Gasteiger partial charge >= 0.3 is 5.97 Å². The number of aliphatic carboxylic acids is 1. The van der Waals surface area contributed by atoms with E-state index in [9.17, 15) is 9.18 Å². The highest BCUT2D eigenvalue weighted by atomic mass is 35.5. The molecular formula is C14H12ClFN2O2S. The molecule has 0 spiro atoms. The lowest BCUT2D eigenvalue weighted by Gasteiger charge is -2.05. The summed E-state index contributed by atoms with van der Waals surface area (Å²) in [4.78, 5) is 16.5. The summed E-state index contributed by atoms with van der Waals surface area (Å²) in [7, 11) is 0. The monoisotopic (exact) mass is 326 g/mol. The lowest BCUT2D eigenvalue weighted by molar-refractivity contribution is -0.138. The number of carbonyl (C=O) groups is 1. The largest absolute Gasteiger partial charge is 0.481 e. The Morgan fingerprint density at radius 2 is 2.38 bits per heavy atom. The lowest BCUT2D eigenvalue weighted by atomic mass is 10.1. The van der Waals surface area contributed by atoms with Crippen LogP contribution in [0.2, 0.25) is 5.02 Å². The first kappa shape index (κ1) is 14.3. The van der Waals surface area contributed by atoms with Crippen LogP contribution >= 0.6 is 22.9 Å². The zero-order chi connectivity index (χ0) is 15.0. The van der Waals surface area contributed by atoms with Gasteiger partial charge in [0.25, 0.3) is 0 Å². The summed E-state index contributed by atoms with van der Waals surface area (Å²) >= 11 is 7.21. The summed E-state index contributed by atoms with van der Waals surface area (Å²) in [5.74, 6) is -1.76. The number of halogens is 2. The van der Waals surface area contributed by atoms with E-state index in [-0.39, 0.29) is 5.02 Å². The zero-order valence-electron chi connectivity index (χ0n) is 10.9. The van der Waals surface area contributed by atoms with Gasteiger partial charge < -0.3 is 10.4 Å². The van der Waals surface area contributed by atoms with Crippen LogP contribution in [0, 0.1) is 5.82 Å². The molecule has 0 aliphatic heterocycles. The maximum Gasteiger partial charge on any atom is 0.312 e. The summed E-state index contributed by atoms with van der Waals surface area (Å²) in [6, 6.07) is 4.53. The molecule has 0 saturated carbocycles. The molecule has 0 fully saturated rings. The Hall–Kier alpha value is -1.66. The van der Waals surface area contributed by atoms with E-state index in [4.69, 9.17) is 16.7 Å². The van der Waals surface area contributed by atoms with Gasteiger partial charge in [-0.2, -0.15) is 0 Å². The number of nitrogens with one attached hydrogen (secondary N) is 1. The highest BCUT2D eigenvalue weighted by Gasteiger charge is 2.32. The van der Waals surface area contributed by atoms with E-state index in [1.54, 1.807) is 12.1 Å². The second kappa shape index (κ2) is 5.61. The van der Waals surface area contributed by atoms with Crippen LogP contribution in [0.1, 0.15) is 28.5 Å². The third-order valence-electron chi connectivity index (χ3n) is 3.44. The summed E-state index contributed by atoms with van der Waals surface area (Å²) in [6.07, 6.45) is 1.38. The zero-order valence-corrected chi connectivity index (χ0v) is 12.5. The van der Waals surface area contributed by atoms with Gasteiger partial charge in [0.2, 0.25) is 0 Å². The number of hydrogen-bond acceptors (Lipinski definition) is 4. The number of thiazole rings is 1. The first-order chi connectivity index (χ1) is 10.0. The normalized spacial score (nSPS) is 16.8. The van der Waals surface area contributed by atoms with Crippen LogP contribution in [0.4, 0.5) is 9.52 Å². The van der Waals surface area contributed by atoms with Crippen LogP contribution in [-0.2, 0) is 17.8 Å². The SMILES string of the molecule is O=C(O)C1CCc2sc(NCc3ccc(F)c(Cl)c3)nc21. The molecule has 0 amide bonds. The van der Waals surface area contributed by atoms with Crippen molar-refractivity contribution in [2.75, 3.05) is 5.32 Å². The smallest absolute Gasteiger partial charge is 0.312 e. The highest BCUT2D eigenvalue weighted by Crippen LogP contribution is 2.38. The molecule has 1 aromatic carbocycles. The van der Waals surface area contributed by atoms with Gasteiger partial charge in [-0.05, 0) is 30.5 Å². The fraction of sp³-hybridized carbons (Fsp3) is 0.286. The van der Waals surface area contributed by atoms with Crippen molar-refractivity contribution in [2.24, 2.45) is 0 Å². The minimum absolute atomic E-state index is 0.0851. The highest BCUT2D eigenvalue weighted by molar-refractivity contribution is 7.15. The van der Waals surface area contributed by atoms with Gasteiger partial charge in [-0.3, -0.25) is 4.79 Å². The number of benzene rings is 1. The van der Waals surface area contributed by atoms with Crippen molar-refractivity contribution in [1.29, 1.82) is 0 Å². The summed E-state index contributed by atoms with van der Waals surface area (Å²) in [6.45, 7) is 0.462. The third kappa shape index (κ3) is 2.87. The molecule has 1 aliphatic rings. The first-order valence-electron chi connectivity index (χ1n) is 6.45. The molecule has 21 heavy (non-hydrogen) atoms. The van der Waals surface area contributed by atoms with Crippen LogP contribution in [0.5, 0.6) is 0 Å². The Balaban J connectivity index is 1.71. The molecule has 2 N–H and O–H groups in total. The molecule has 2 aromatic rings. The molecular weight excluding hydrogens is 315 g/mol. The third-order valence-corrected chi connectivity index (χ3v) is 4.82. The number of aromatic nitrogens is 1. The van der Waals surface area contributed by atoms with Gasteiger partial charge in [0.05, 0.1) is 10.7 Å². The van der Waals surface area contributed by atoms with Gasteiger partial charge in [-0.1, -0.05) is 17.7 Å². The second-order valence-electron chi connectivity index (χ2n) is 4.86. The maximum atomic E-state index is 13.1. The van der Waals surface area contributed by atoms with Gasteiger partial charge in [-0.25, -0.2) is 9.37 Å². The minimum atomic E-state index is -0.823. The van der Waals surface area contributed by atoms with E-state index in [1.165, 1.54) is 17.4 Å². The average Bonchev–Trinajstić information content (AvgIpc) is 2.99. The fourth-order valence-corrected chi connectivity index (χ4v) is 3.61. The van der Waals surface area contributed by atoms with Crippen molar-refractivity contribution in [3.8, 4) is 0 Å². The molecule has 1 unspecified atom stereocenters. The van der Waals surface area contributed by atoms with Crippen molar-refractivity contribution in [2.45, 2.75) is 25.3 Å². The lowest BCUT2D eigenvalue weighted by Crippen LogP contribution is -2.09. The van der Waals surface area contributed by atoms with Crippen molar-refractivity contribution in [3.05, 3.63) is 45.2 Å². The number of carboxylic acids is 1. The van der Waals surface area contributed by atoms with E-state index in [2.05, 4.69) is 10.3 Å². The predicted octanol–water partition coefficient (Wildman–Crippen LogP) is 3.66. The van der Waals surface area contributed by atoms with Crippen LogP contribution in [0.3, 0.4) is 0 Å². The van der Waals surface area contributed by atoms with Gasteiger partial charge in [0, 0.05) is 11.4 Å². The van der Waals surface area contributed by atoms with Gasteiger partial charge in [0.15, 0.2) is 5.13 Å². The summed E-state index contributed by atoms with van der Waals surface area (Å²) in [5.41, 5.74) is 1.51. The molecule has 1 aliphatic carbocycles. The molecule has 7 heteroatoms. The molecule has 0 saturated heterocycles. The molecule has 1 heterocycles. The summed E-state index contributed by atoms with van der Waals surface area (Å²) < 4.78 is 13.1. The topological polar surface area (TPSA) is 62.2 Å². The van der Waals surface area contributed by atoms with E-state index < -0.39 is 17.7 Å². The van der Waals surface area contributed by atoms with Gasteiger partial charge in [0.1, 0.15) is 11.7 Å². The van der Waals surface area contributed by atoms with Crippen LogP contribution < -0.4 is 5.32 Å². The predicted molar refractivity (Wildman–Crippen MR) is 79.5 cm³/mol. The van der Waals surface area contributed by atoms with Crippen molar-refractivity contribution in [1.82, 2.24) is 4.98 Å². The van der Waals surface area contributed by atoms with E-state index in [0.29, 0.717) is 23.8 Å². The molecule has 0 radical (unpaired) electrons. The van der Waals surface area contributed by atoms with Crippen molar-refractivity contribution >= 4 is 34.0 Å². The van der Waals surface area contributed by atoms with Crippen molar-refractivity contribution in [3.63, 3.8) is 0 Å². The number of carboxylic acid groups (broad SMARTS) is 1. The maximum absolute atomic E-state index is 13.1. The Bertz CT molecular complexity index is 704. The molecule has 0 bridgehead atoms. The molecule has 3 rings (SSSR count). The Labute approximate surface area is 129 Å². The van der Waals surface area contributed by atoms with Gasteiger partial charge in [-0.15, -0.1) is 11.3 Å². The minimum Gasteiger partial charge on any atom is -0.481 e. The number of hydrogen-bond donors (Lipinski definition) is 2. The van der Waals surface area contributed by atoms with Crippen LogP contribution in [0.25, 0.3) is 0 Å². The quantitative estimate of drug-likeness (QED) is 0.900. The average molecular weight is 327 g/mol. The number of fused-ring (bicyclic) bond motifs is 1. The van der Waals surface area contributed by atoms with Crippen molar-refractivity contribution < 1.29 is 14.3 Å². The fourth-order valence-electron chi connectivity index (χ4n) is 2.37. The Morgan fingerprint density at radius 3 is 3.10 bits per heavy atom. The molecule has 4 nitrogen and oxygen atoms in total. The van der Waals surface area contributed by atoms with E-state index in [0.717, 1.165) is 16.9 Å². The van der Waals surface area contributed by atoms with Crippen LogP contribution in [-0.4, -0.2) is 16.1 Å². The number of anilines is 1. The van der Waals surface area contributed by atoms with Crippen LogP contribution in [0.15, 0.2) is 18.2 Å².